The molecule has 2 fully saturated rings. The third-order valence-corrected chi connectivity index (χ3v) is 3.43. The highest BCUT2D eigenvalue weighted by molar-refractivity contribution is 6.05. The molecule has 2 aliphatic rings. The minimum absolute atomic E-state index is 0.0199. The minimum Gasteiger partial charge on any atom is -0.481 e. The average molecular weight is 240 g/mol. The van der Waals surface area contributed by atoms with Gasteiger partial charge in [-0.3, -0.25) is 19.7 Å². The molecule has 3 atom stereocenters. The molecule has 3 N–H and O–H groups in total. The maximum atomic E-state index is 11.4. The Morgan fingerprint density at radius 2 is 2.12 bits per heavy atom. The molecule has 3 unspecified atom stereocenters. The van der Waals surface area contributed by atoms with E-state index in [1.165, 1.54) is 0 Å². The Bertz CT molecular complexity index is 355. The highest BCUT2D eigenvalue weighted by Crippen LogP contribution is 2.25. The third-order valence-electron chi connectivity index (χ3n) is 3.43. The Morgan fingerprint density at radius 1 is 1.35 bits per heavy atom. The van der Waals surface area contributed by atoms with Gasteiger partial charge >= 0.3 is 5.97 Å². The van der Waals surface area contributed by atoms with Gasteiger partial charge in [0.15, 0.2) is 0 Å². The number of amides is 2. The molecule has 6 nitrogen and oxygen atoms in total. The van der Waals surface area contributed by atoms with Crippen LogP contribution in [0.2, 0.25) is 0 Å². The van der Waals surface area contributed by atoms with Crippen LogP contribution in [0.25, 0.3) is 0 Å². The molecule has 2 rings (SSSR count). The molecule has 1 aliphatic carbocycles. The van der Waals surface area contributed by atoms with Crippen molar-refractivity contribution in [2.75, 3.05) is 0 Å². The van der Waals surface area contributed by atoms with Crippen molar-refractivity contribution in [3.8, 4) is 0 Å². The largest absolute Gasteiger partial charge is 0.481 e. The van der Waals surface area contributed by atoms with Crippen LogP contribution in [-0.2, 0) is 14.4 Å². The molecule has 0 aromatic rings. The van der Waals surface area contributed by atoms with E-state index in [2.05, 4.69) is 10.6 Å². The first-order valence-corrected chi connectivity index (χ1v) is 5.89. The third kappa shape index (κ3) is 2.82. The fraction of sp³-hybridized carbons (Fsp3) is 0.727. The van der Waals surface area contributed by atoms with E-state index in [-0.39, 0.29) is 30.2 Å². The maximum Gasteiger partial charge on any atom is 0.306 e. The lowest BCUT2D eigenvalue weighted by molar-refractivity contribution is -0.143. The van der Waals surface area contributed by atoms with Crippen molar-refractivity contribution in [3.63, 3.8) is 0 Å². The molecular weight excluding hydrogens is 224 g/mol. The molecule has 17 heavy (non-hydrogen) atoms. The maximum absolute atomic E-state index is 11.4. The first-order chi connectivity index (χ1) is 8.06. The second-order valence-electron chi connectivity index (χ2n) is 4.73. The lowest BCUT2D eigenvalue weighted by atomic mass is 9.85. The zero-order valence-corrected chi connectivity index (χ0v) is 9.44. The van der Waals surface area contributed by atoms with Crippen LogP contribution in [0, 0.1) is 5.92 Å². The zero-order chi connectivity index (χ0) is 12.4. The number of nitrogens with one attached hydrogen (secondary N) is 2. The molecule has 0 aromatic heterocycles. The summed E-state index contributed by atoms with van der Waals surface area (Å²) in [5.74, 6) is -1.67. The van der Waals surface area contributed by atoms with Crippen LogP contribution >= 0.6 is 0 Å². The molecular formula is C11H16N2O4. The van der Waals surface area contributed by atoms with Gasteiger partial charge in [-0.05, 0) is 19.3 Å². The average Bonchev–Trinajstić information content (AvgIpc) is 2.58. The number of carboxylic acids is 1. The van der Waals surface area contributed by atoms with Crippen molar-refractivity contribution in [2.45, 2.75) is 44.2 Å². The van der Waals surface area contributed by atoms with Crippen LogP contribution in [0.1, 0.15) is 32.1 Å². The summed E-state index contributed by atoms with van der Waals surface area (Å²) in [5, 5.41) is 14.3. The van der Waals surface area contributed by atoms with Crippen LogP contribution in [0.15, 0.2) is 0 Å². The van der Waals surface area contributed by atoms with Crippen LogP contribution in [0.4, 0.5) is 0 Å². The van der Waals surface area contributed by atoms with Gasteiger partial charge in [-0.25, -0.2) is 0 Å². The summed E-state index contributed by atoms with van der Waals surface area (Å²) in [5.41, 5.74) is 0. The molecule has 2 amide bonds. The van der Waals surface area contributed by atoms with E-state index in [0.717, 1.165) is 12.8 Å². The smallest absolute Gasteiger partial charge is 0.306 e. The summed E-state index contributed by atoms with van der Waals surface area (Å²) in [6, 6.07) is -0.466. The number of hydrogen-bond donors (Lipinski definition) is 3. The quantitative estimate of drug-likeness (QED) is 0.585. The Morgan fingerprint density at radius 3 is 2.71 bits per heavy atom. The molecule has 1 heterocycles. The molecule has 0 bridgehead atoms. The zero-order valence-electron chi connectivity index (χ0n) is 9.44. The van der Waals surface area contributed by atoms with Crippen LogP contribution < -0.4 is 10.6 Å². The van der Waals surface area contributed by atoms with Gasteiger partial charge in [-0.1, -0.05) is 6.42 Å². The second kappa shape index (κ2) is 4.83. The molecule has 6 heteroatoms. The molecule has 1 saturated heterocycles. The predicted molar refractivity (Wildman–Crippen MR) is 58.1 cm³/mol. The van der Waals surface area contributed by atoms with Gasteiger partial charge in [0.25, 0.3) is 0 Å². The minimum atomic E-state index is -0.775. The SMILES string of the molecule is O=C1CC(NC2CCCC(C(=O)O)C2)C(=O)N1. The summed E-state index contributed by atoms with van der Waals surface area (Å²) < 4.78 is 0. The first kappa shape index (κ1) is 12.0. The Hall–Kier alpha value is -1.43. The van der Waals surface area contributed by atoms with E-state index in [1.807, 2.05) is 0 Å². The normalized spacial score (nSPS) is 33.5. The number of aliphatic carboxylic acids is 1. The number of carbonyl (C=O) groups is 3. The van der Waals surface area contributed by atoms with Crippen molar-refractivity contribution in [1.82, 2.24) is 10.6 Å². The van der Waals surface area contributed by atoms with Gasteiger partial charge in [0.2, 0.25) is 11.8 Å². The van der Waals surface area contributed by atoms with E-state index in [1.54, 1.807) is 0 Å². The van der Waals surface area contributed by atoms with Gasteiger partial charge in [0.1, 0.15) is 0 Å². The first-order valence-electron chi connectivity index (χ1n) is 5.89. The van der Waals surface area contributed by atoms with Crippen LogP contribution in [0.5, 0.6) is 0 Å². The fourth-order valence-corrected chi connectivity index (χ4v) is 2.54. The molecule has 1 aliphatic heterocycles. The van der Waals surface area contributed by atoms with Gasteiger partial charge in [0, 0.05) is 6.04 Å². The van der Waals surface area contributed by atoms with E-state index in [9.17, 15) is 14.4 Å². The topological polar surface area (TPSA) is 95.5 Å². The summed E-state index contributed by atoms with van der Waals surface area (Å²) in [6.07, 6.45) is 3.10. The van der Waals surface area contributed by atoms with Crippen molar-refractivity contribution < 1.29 is 19.5 Å². The highest BCUT2D eigenvalue weighted by atomic mass is 16.4. The summed E-state index contributed by atoms with van der Waals surface area (Å²) >= 11 is 0. The molecule has 0 radical (unpaired) electrons. The van der Waals surface area contributed by atoms with Gasteiger partial charge in [-0.2, -0.15) is 0 Å². The van der Waals surface area contributed by atoms with E-state index in [0.29, 0.717) is 12.8 Å². The van der Waals surface area contributed by atoms with Crippen molar-refractivity contribution >= 4 is 17.8 Å². The monoisotopic (exact) mass is 240 g/mol. The molecule has 0 aromatic carbocycles. The molecule has 0 spiro atoms. The lowest BCUT2D eigenvalue weighted by Crippen LogP contribution is -2.45. The predicted octanol–water partition coefficient (Wildman–Crippen LogP) is -0.365. The highest BCUT2D eigenvalue weighted by Gasteiger charge is 2.34. The number of rotatable bonds is 3. The number of hydrogen-bond acceptors (Lipinski definition) is 4. The van der Waals surface area contributed by atoms with Crippen LogP contribution in [-0.4, -0.2) is 35.0 Å². The number of carboxylic acid groups (broad SMARTS) is 1. The number of imide groups is 1. The second-order valence-corrected chi connectivity index (χ2v) is 4.73. The number of carbonyl (C=O) groups excluding carboxylic acids is 2. The summed E-state index contributed by atoms with van der Waals surface area (Å²) in [6.45, 7) is 0. The Labute approximate surface area is 98.8 Å². The standard InChI is InChI=1S/C11H16N2O4/c14-9-5-8(10(15)13-9)12-7-3-1-2-6(4-7)11(16)17/h6-8,12H,1-5H2,(H,16,17)(H,13,14,15). The van der Waals surface area contributed by atoms with Gasteiger partial charge < -0.3 is 10.4 Å². The van der Waals surface area contributed by atoms with Gasteiger partial charge in [-0.15, -0.1) is 0 Å². The fourth-order valence-electron chi connectivity index (χ4n) is 2.54. The molecule has 94 valence electrons. The summed E-state index contributed by atoms with van der Waals surface area (Å²) in [7, 11) is 0. The van der Waals surface area contributed by atoms with E-state index in [4.69, 9.17) is 5.11 Å². The van der Waals surface area contributed by atoms with Crippen molar-refractivity contribution in [3.05, 3.63) is 0 Å². The van der Waals surface area contributed by atoms with Crippen LogP contribution in [0.3, 0.4) is 0 Å². The van der Waals surface area contributed by atoms with E-state index < -0.39 is 12.0 Å². The summed E-state index contributed by atoms with van der Waals surface area (Å²) in [4.78, 5) is 33.3. The van der Waals surface area contributed by atoms with Crippen molar-refractivity contribution in [2.24, 2.45) is 5.92 Å². The van der Waals surface area contributed by atoms with Gasteiger partial charge in [0.05, 0.1) is 18.4 Å². The lowest BCUT2D eigenvalue weighted by Gasteiger charge is -2.28. The van der Waals surface area contributed by atoms with Crippen molar-refractivity contribution in [1.29, 1.82) is 0 Å². The Kier molecular flexibility index (Phi) is 3.42. The van der Waals surface area contributed by atoms with E-state index >= 15 is 0 Å². The molecule has 1 saturated carbocycles. The Balaban J connectivity index is 1.88.